The van der Waals surface area contributed by atoms with Crippen LogP contribution in [-0.2, 0) is 7.05 Å². The fourth-order valence-corrected chi connectivity index (χ4v) is 2.43. The Balaban J connectivity index is 1.64. The third kappa shape index (κ3) is 2.65. The summed E-state index contributed by atoms with van der Waals surface area (Å²) in [5.41, 5.74) is 7.78. The van der Waals surface area contributed by atoms with Crippen LogP contribution in [0.25, 0.3) is 17.0 Å². The van der Waals surface area contributed by atoms with Crippen LogP contribution in [0, 0.1) is 0 Å². The summed E-state index contributed by atoms with van der Waals surface area (Å²) in [6.45, 7) is 0. The number of aromatic nitrogens is 7. The summed E-state index contributed by atoms with van der Waals surface area (Å²) < 4.78 is 1.59. The highest BCUT2D eigenvalue weighted by atomic mass is 16.1. The Hall–Kier alpha value is -3.82. The molecular formula is C15H13N9O. The van der Waals surface area contributed by atoms with Gasteiger partial charge in [-0.3, -0.25) is 9.20 Å². The average molecular weight is 335 g/mol. The standard InChI is InChI=1S/C15H13N9O/c1-23-21-13(20-22-23)9-2-4-10(5-3-9)19-14-15-17-6-7-24(15)11(8-18-14)12(16)25/h2-8H,1H3,(H2,16,25)(H,18,19). The molecule has 0 atom stereocenters. The monoisotopic (exact) mass is 335 g/mol. The van der Waals surface area contributed by atoms with Crippen molar-refractivity contribution >= 4 is 23.1 Å². The maximum atomic E-state index is 11.5. The minimum absolute atomic E-state index is 0.266. The number of nitrogens with zero attached hydrogens (tertiary/aromatic N) is 7. The number of imidazole rings is 1. The van der Waals surface area contributed by atoms with E-state index < -0.39 is 5.91 Å². The predicted molar refractivity (Wildman–Crippen MR) is 89.0 cm³/mol. The molecule has 0 aliphatic carbocycles. The third-order valence-corrected chi connectivity index (χ3v) is 3.59. The van der Waals surface area contributed by atoms with Gasteiger partial charge in [-0.25, -0.2) is 9.97 Å². The first-order valence-electron chi connectivity index (χ1n) is 7.35. The summed E-state index contributed by atoms with van der Waals surface area (Å²) in [6.07, 6.45) is 4.65. The molecule has 10 nitrogen and oxygen atoms in total. The van der Waals surface area contributed by atoms with Crippen molar-refractivity contribution in [2.24, 2.45) is 12.8 Å². The van der Waals surface area contributed by atoms with Crippen LogP contribution in [0.3, 0.4) is 0 Å². The Morgan fingerprint density at radius 1 is 1.20 bits per heavy atom. The summed E-state index contributed by atoms with van der Waals surface area (Å²) in [5.74, 6) is 0.497. The van der Waals surface area contributed by atoms with Crippen LogP contribution >= 0.6 is 0 Å². The first-order chi connectivity index (χ1) is 12.1. The molecule has 0 spiro atoms. The zero-order chi connectivity index (χ0) is 17.4. The first-order valence-corrected chi connectivity index (χ1v) is 7.35. The predicted octanol–water partition coefficient (Wildman–Crippen LogP) is 0.762. The quantitative estimate of drug-likeness (QED) is 0.563. The van der Waals surface area contributed by atoms with Gasteiger partial charge in [0, 0.05) is 23.6 Å². The molecule has 0 saturated carbocycles. The zero-order valence-corrected chi connectivity index (χ0v) is 13.2. The Bertz CT molecular complexity index is 1060. The number of nitrogens with two attached hydrogens (primary N) is 1. The van der Waals surface area contributed by atoms with E-state index in [-0.39, 0.29) is 5.69 Å². The minimum Gasteiger partial charge on any atom is -0.364 e. The van der Waals surface area contributed by atoms with Gasteiger partial charge in [-0.1, -0.05) is 0 Å². The molecule has 0 saturated heterocycles. The van der Waals surface area contributed by atoms with E-state index >= 15 is 0 Å². The molecule has 1 aromatic carbocycles. The van der Waals surface area contributed by atoms with E-state index in [2.05, 4.69) is 30.7 Å². The van der Waals surface area contributed by atoms with E-state index in [0.717, 1.165) is 11.3 Å². The van der Waals surface area contributed by atoms with E-state index in [1.807, 2.05) is 24.3 Å². The highest BCUT2D eigenvalue weighted by molar-refractivity contribution is 5.92. The molecule has 4 rings (SSSR count). The highest BCUT2D eigenvalue weighted by Crippen LogP contribution is 2.22. The van der Waals surface area contributed by atoms with Crippen LogP contribution in [0.4, 0.5) is 11.5 Å². The highest BCUT2D eigenvalue weighted by Gasteiger charge is 2.12. The van der Waals surface area contributed by atoms with Gasteiger partial charge >= 0.3 is 0 Å². The van der Waals surface area contributed by atoms with Crippen LogP contribution in [0.2, 0.25) is 0 Å². The smallest absolute Gasteiger partial charge is 0.267 e. The van der Waals surface area contributed by atoms with E-state index in [1.54, 1.807) is 23.8 Å². The second kappa shape index (κ2) is 5.67. The van der Waals surface area contributed by atoms with E-state index in [4.69, 9.17) is 5.73 Å². The molecule has 10 heteroatoms. The molecular weight excluding hydrogens is 322 g/mol. The molecule has 3 heterocycles. The van der Waals surface area contributed by atoms with Crippen molar-refractivity contribution in [2.75, 3.05) is 5.32 Å². The fourth-order valence-electron chi connectivity index (χ4n) is 2.43. The van der Waals surface area contributed by atoms with Crippen LogP contribution in [0.15, 0.2) is 42.9 Å². The lowest BCUT2D eigenvalue weighted by atomic mass is 10.2. The van der Waals surface area contributed by atoms with E-state index in [0.29, 0.717) is 17.3 Å². The van der Waals surface area contributed by atoms with Crippen LogP contribution in [0.1, 0.15) is 10.5 Å². The van der Waals surface area contributed by atoms with Crippen molar-refractivity contribution < 1.29 is 4.79 Å². The molecule has 3 N–H and O–H groups in total. The van der Waals surface area contributed by atoms with Crippen molar-refractivity contribution in [3.8, 4) is 11.4 Å². The van der Waals surface area contributed by atoms with E-state index in [1.165, 1.54) is 11.0 Å². The normalized spacial score (nSPS) is 10.9. The Morgan fingerprint density at radius 2 is 2.00 bits per heavy atom. The number of amides is 1. The van der Waals surface area contributed by atoms with Gasteiger partial charge in [-0.05, 0) is 29.5 Å². The van der Waals surface area contributed by atoms with Gasteiger partial charge in [0.25, 0.3) is 5.91 Å². The van der Waals surface area contributed by atoms with Gasteiger partial charge in [0.1, 0.15) is 5.69 Å². The topological polar surface area (TPSA) is 129 Å². The fraction of sp³-hybridized carbons (Fsp3) is 0.0667. The van der Waals surface area contributed by atoms with Crippen molar-refractivity contribution in [1.29, 1.82) is 0 Å². The van der Waals surface area contributed by atoms with Crippen molar-refractivity contribution in [3.63, 3.8) is 0 Å². The number of fused-ring (bicyclic) bond motifs is 1. The molecule has 0 bridgehead atoms. The lowest BCUT2D eigenvalue weighted by Gasteiger charge is -2.09. The van der Waals surface area contributed by atoms with Crippen LogP contribution < -0.4 is 11.1 Å². The van der Waals surface area contributed by atoms with Gasteiger partial charge in [-0.2, -0.15) is 4.80 Å². The Kier molecular flexibility index (Phi) is 3.35. The maximum absolute atomic E-state index is 11.5. The Morgan fingerprint density at radius 3 is 2.68 bits per heavy atom. The van der Waals surface area contributed by atoms with E-state index in [9.17, 15) is 4.79 Å². The molecule has 0 fully saturated rings. The average Bonchev–Trinajstić information content (AvgIpc) is 3.25. The molecule has 1 amide bonds. The first kappa shape index (κ1) is 14.8. The molecule has 25 heavy (non-hydrogen) atoms. The number of benzene rings is 1. The molecule has 0 aliphatic rings. The molecule has 3 aromatic heterocycles. The number of hydrogen-bond donors (Lipinski definition) is 2. The van der Waals surface area contributed by atoms with Gasteiger partial charge < -0.3 is 11.1 Å². The number of rotatable bonds is 4. The minimum atomic E-state index is -0.567. The second-order valence-electron chi connectivity index (χ2n) is 5.28. The van der Waals surface area contributed by atoms with Crippen molar-refractivity contribution in [3.05, 3.63) is 48.5 Å². The lowest BCUT2D eigenvalue weighted by Crippen LogP contribution is -2.16. The van der Waals surface area contributed by atoms with Gasteiger partial charge in [0.15, 0.2) is 11.5 Å². The number of carbonyl (C=O) groups is 1. The Labute approximate surface area is 141 Å². The van der Waals surface area contributed by atoms with Crippen molar-refractivity contribution in [1.82, 2.24) is 34.6 Å². The van der Waals surface area contributed by atoms with Gasteiger partial charge in [-0.15, -0.1) is 10.2 Å². The third-order valence-electron chi connectivity index (χ3n) is 3.59. The molecule has 0 radical (unpaired) electrons. The number of carbonyl (C=O) groups excluding carboxylic acids is 1. The van der Waals surface area contributed by atoms with Crippen molar-refractivity contribution in [2.45, 2.75) is 0 Å². The maximum Gasteiger partial charge on any atom is 0.267 e. The summed E-state index contributed by atoms with van der Waals surface area (Å²) in [6, 6.07) is 7.49. The summed E-state index contributed by atoms with van der Waals surface area (Å²) in [7, 11) is 1.71. The number of primary amides is 1. The summed E-state index contributed by atoms with van der Waals surface area (Å²) in [4.78, 5) is 21.3. The van der Waals surface area contributed by atoms with Gasteiger partial charge in [0.05, 0.1) is 13.2 Å². The lowest BCUT2D eigenvalue weighted by molar-refractivity contribution is 0.0994. The molecule has 4 aromatic rings. The largest absolute Gasteiger partial charge is 0.364 e. The number of aryl methyl sites for hydroxylation is 1. The SMILES string of the molecule is Cn1nnc(-c2ccc(Nc3ncc(C(N)=O)n4ccnc34)cc2)n1. The number of anilines is 2. The summed E-state index contributed by atoms with van der Waals surface area (Å²) in [5, 5.41) is 15.1. The molecule has 124 valence electrons. The molecule has 0 unspecified atom stereocenters. The van der Waals surface area contributed by atoms with Crippen LogP contribution in [0.5, 0.6) is 0 Å². The molecule has 0 aliphatic heterocycles. The summed E-state index contributed by atoms with van der Waals surface area (Å²) >= 11 is 0. The zero-order valence-electron chi connectivity index (χ0n) is 13.2. The number of tetrazole rings is 1. The van der Waals surface area contributed by atoms with Gasteiger partial charge in [0.2, 0.25) is 5.82 Å². The van der Waals surface area contributed by atoms with Crippen LogP contribution in [-0.4, -0.2) is 40.5 Å². The second-order valence-corrected chi connectivity index (χ2v) is 5.28. The number of nitrogens with one attached hydrogen (secondary N) is 1. The number of hydrogen-bond acceptors (Lipinski definition) is 7.